The van der Waals surface area contributed by atoms with E-state index in [9.17, 15) is 0 Å². The lowest BCUT2D eigenvalue weighted by Gasteiger charge is -2.32. The van der Waals surface area contributed by atoms with Crippen LogP contribution in [0.2, 0.25) is 0 Å². The minimum absolute atomic E-state index is 0.548. The van der Waals surface area contributed by atoms with Gasteiger partial charge in [-0.15, -0.1) is 11.3 Å². The largest absolute Gasteiger partial charge is 0.455 e. The van der Waals surface area contributed by atoms with Crippen LogP contribution in [-0.4, -0.2) is 15.0 Å². The number of aromatic nitrogens is 3. The molecule has 0 bridgehead atoms. The van der Waals surface area contributed by atoms with Crippen LogP contribution in [0.3, 0.4) is 0 Å². The highest BCUT2D eigenvalue weighted by Crippen LogP contribution is 2.51. The lowest BCUT2D eigenvalue weighted by atomic mass is 9.90. The predicted octanol–water partition coefficient (Wildman–Crippen LogP) is 13.2. The molecule has 4 heterocycles. The van der Waals surface area contributed by atoms with Crippen molar-refractivity contribution in [1.29, 1.82) is 0 Å². The number of thiophene rings is 1. The molecule has 0 aliphatic carbocycles. The topological polar surface area (TPSA) is 55.1 Å². The molecule has 0 spiro atoms. The third-order valence-corrected chi connectivity index (χ3v) is 11.8. The van der Waals surface area contributed by atoms with Gasteiger partial charge in [-0.25, -0.2) is 4.98 Å². The Morgan fingerprint density at radius 2 is 1.15 bits per heavy atom. The molecule has 0 N–H and O–H groups in total. The van der Waals surface area contributed by atoms with E-state index in [-0.39, 0.29) is 0 Å². The van der Waals surface area contributed by atoms with E-state index in [4.69, 9.17) is 19.4 Å². The Hall–Kier alpha value is -6.89. The van der Waals surface area contributed by atoms with Crippen molar-refractivity contribution < 1.29 is 4.42 Å². The molecule has 0 fully saturated rings. The molecule has 6 heteroatoms. The fourth-order valence-corrected chi connectivity index (χ4v) is 9.30. The molecule has 0 radical (unpaired) electrons. The van der Waals surface area contributed by atoms with Crippen LogP contribution in [-0.2, 0) is 0 Å². The molecule has 53 heavy (non-hydrogen) atoms. The average Bonchev–Trinajstić information content (AvgIpc) is 3.78. The first kappa shape index (κ1) is 28.8. The summed E-state index contributed by atoms with van der Waals surface area (Å²) in [6, 6.07) is 55.6. The van der Waals surface area contributed by atoms with Gasteiger partial charge < -0.3 is 4.42 Å². The van der Waals surface area contributed by atoms with Gasteiger partial charge >= 0.3 is 0 Å². The number of hydrogen-bond donors (Lipinski definition) is 0. The zero-order chi connectivity index (χ0) is 34.6. The Balaban J connectivity index is 1.17. The van der Waals surface area contributed by atoms with Crippen molar-refractivity contribution in [2.24, 2.45) is 0 Å². The number of benzene rings is 8. The maximum absolute atomic E-state index is 6.55. The number of fused-ring (bicyclic) bond motifs is 9. The molecular formula is C47H26N4OS. The smallest absolute Gasteiger partial charge is 0.238 e. The zero-order valence-corrected chi connectivity index (χ0v) is 28.9. The van der Waals surface area contributed by atoms with Crippen molar-refractivity contribution in [3.8, 4) is 33.9 Å². The quantitative estimate of drug-likeness (QED) is 0.184. The molecule has 0 saturated heterocycles. The Labute approximate surface area is 307 Å². The van der Waals surface area contributed by atoms with Crippen LogP contribution in [0.25, 0.3) is 97.6 Å². The lowest BCUT2D eigenvalue weighted by Crippen LogP contribution is -2.19. The molecule has 0 amide bonds. The first-order valence-corrected chi connectivity index (χ1v) is 18.5. The zero-order valence-electron chi connectivity index (χ0n) is 28.1. The lowest BCUT2D eigenvalue weighted by molar-refractivity contribution is 0.669. The first-order chi connectivity index (χ1) is 26.2. The molecule has 5 nitrogen and oxygen atoms in total. The highest BCUT2D eigenvalue weighted by Gasteiger charge is 2.29. The fraction of sp³-hybridized carbons (Fsp3) is 0. The summed E-state index contributed by atoms with van der Waals surface area (Å²) in [5.74, 6) is 1.70. The Morgan fingerprint density at radius 1 is 0.453 bits per heavy atom. The van der Waals surface area contributed by atoms with Gasteiger partial charge in [0.15, 0.2) is 11.6 Å². The SMILES string of the molecule is c1ccc2cc3c(cc2c1)-c1cccc2cccc(c12)N3c1nc(-c2ccc3sc4ccccc4c3c2)nc(-c2cccc3c2oc2ccccc23)n1. The van der Waals surface area contributed by atoms with Crippen LogP contribution in [0.5, 0.6) is 0 Å². The second-order valence-electron chi connectivity index (χ2n) is 13.6. The summed E-state index contributed by atoms with van der Waals surface area (Å²) in [4.78, 5) is 18.2. The van der Waals surface area contributed by atoms with Crippen molar-refractivity contribution in [1.82, 2.24) is 15.0 Å². The fourth-order valence-electron chi connectivity index (χ4n) is 8.21. The molecule has 246 valence electrons. The first-order valence-electron chi connectivity index (χ1n) is 17.7. The van der Waals surface area contributed by atoms with Gasteiger partial charge in [0, 0.05) is 47.5 Å². The maximum Gasteiger partial charge on any atom is 0.238 e. The third-order valence-electron chi connectivity index (χ3n) is 10.6. The number of furan rings is 1. The molecule has 0 saturated carbocycles. The Bertz CT molecular complexity index is 3320. The molecule has 8 aromatic carbocycles. The Morgan fingerprint density at radius 3 is 2.08 bits per heavy atom. The van der Waals surface area contributed by atoms with E-state index in [1.54, 1.807) is 11.3 Å². The Kier molecular flexibility index (Phi) is 5.87. The number of rotatable bonds is 3. The van der Waals surface area contributed by atoms with Crippen LogP contribution in [0.4, 0.5) is 17.3 Å². The number of para-hydroxylation sites is 2. The summed E-state index contributed by atoms with van der Waals surface area (Å²) in [7, 11) is 0. The standard InChI is InChI=1S/C47H26N4OS/c1-2-11-29-26-39-36(24-28(29)10-1)33-16-7-12-27-13-8-19-38(43(27)33)51(39)47-49-45(30-22-23-42-37(25-30)32-15-4-6-21-41(32)53-42)48-46(50-47)35-18-9-17-34-31-14-3-5-20-40(31)52-44(34)35/h1-26H. The van der Waals surface area contributed by atoms with Gasteiger partial charge in [-0.3, -0.25) is 4.90 Å². The van der Waals surface area contributed by atoms with Gasteiger partial charge in [0.2, 0.25) is 5.95 Å². The van der Waals surface area contributed by atoms with Crippen molar-refractivity contribution in [3.63, 3.8) is 0 Å². The third kappa shape index (κ3) is 4.21. The molecule has 3 aromatic heterocycles. The molecule has 1 aliphatic heterocycles. The summed E-state index contributed by atoms with van der Waals surface area (Å²) in [6.45, 7) is 0. The van der Waals surface area contributed by atoms with Crippen LogP contribution < -0.4 is 4.90 Å². The summed E-state index contributed by atoms with van der Waals surface area (Å²) in [6.07, 6.45) is 0. The number of hydrogen-bond acceptors (Lipinski definition) is 6. The minimum atomic E-state index is 0.548. The highest BCUT2D eigenvalue weighted by atomic mass is 32.1. The summed E-state index contributed by atoms with van der Waals surface area (Å²) in [5.41, 5.74) is 7.74. The van der Waals surface area contributed by atoms with Gasteiger partial charge in [0.05, 0.1) is 16.9 Å². The van der Waals surface area contributed by atoms with Gasteiger partial charge in [-0.1, -0.05) is 103 Å². The molecule has 1 aliphatic rings. The molecule has 12 rings (SSSR count). The monoisotopic (exact) mass is 694 g/mol. The van der Waals surface area contributed by atoms with E-state index in [0.29, 0.717) is 17.6 Å². The minimum Gasteiger partial charge on any atom is -0.455 e. The van der Waals surface area contributed by atoms with Crippen molar-refractivity contribution in [2.45, 2.75) is 0 Å². The predicted molar refractivity (Wildman–Crippen MR) is 220 cm³/mol. The van der Waals surface area contributed by atoms with Crippen molar-refractivity contribution in [2.75, 3.05) is 4.90 Å². The van der Waals surface area contributed by atoms with E-state index in [1.807, 2.05) is 18.2 Å². The summed E-state index contributed by atoms with van der Waals surface area (Å²) >= 11 is 1.80. The van der Waals surface area contributed by atoms with Crippen molar-refractivity contribution in [3.05, 3.63) is 158 Å². The average molecular weight is 695 g/mol. The molecule has 0 atom stereocenters. The summed E-state index contributed by atoms with van der Waals surface area (Å²) < 4.78 is 9.04. The van der Waals surface area contributed by atoms with E-state index in [0.717, 1.165) is 55.4 Å². The summed E-state index contributed by atoms with van der Waals surface area (Å²) in [5, 5.41) is 9.20. The number of nitrogens with zero attached hydrogens (tertiary/aromatic N) is 4. The van der Waals surface area contributed by atoms with E-state index >= 15 is 0 Å². The normalized spacial score (nSPS) is 12.5. The van der Waals surface area contributed by atoms with Crippen molar-refractivity contribution >= 4 is 92.3 Å². The maximum atomic E-state index is 6.55. The van der Waals surface area contributed by atoms with Crippen LogP contribution >= 0.6 is 11.3 Å². The second kappa shape index (κ2) is 10.8. The second-order valence-corrected chi connectivity index (χ2v) is 14.7. The van der Waals surface area contributed by atoms with E-state index < -0.39 is 0 Å². The molecule has 11 aromatic rings. The highest BCUT2D eigenvalue weighted by molar-refractivity contribution is 7.25. The van der Waals surface area contributed by atoms with Gasteiger partial charge in [0.25, 0.3) is 0 Å². The van der Waals surface area contributed by atoms with Crippen LogP contribution in [0.15, 0.2) is 162 Å². The number of anilines is 3. The van der Waals surface area contributed by atoms with Gasteiger partial charge in [0.1, 0.15) is 11.2 Å². The van der Waals surface area contributed by atoms with Gasteiger partial charge in [-0.05, 0) is 76.3 Å². The van der Waals surface area contributed by atoms with Crippen LogP contribution in [0.1, 0.15) is 0 Å². The molecule has 0 unspecified atom stereocenters. The van der Waals surface area contributed by atoms with E-state index in [2.05, 4.69) is 144 Å². The van der Waals surface area contributed by atoms with E-state index in [1.165, 1.54) is 41.9 Å². The van der Waals surface area contributed by atoms with Gasteiger partial charge in [-0.2, -0.15) is 9.97 Å². The van der Waals surface area contributed by atoms with Crippen LogP contribution in [0, 0.1) is 0 Å². The molecular weight excluding hydrogens is 669 g/mol.